The third-order valence-corrected chi connectivity index (χ3v) is 6.40. The molecule has 3 heterocycles. The highest BCUT2D eigenvalue weighted by Crippen LogP contribution is 2.52. The number of hydroxylamine groups is 2. The van der Waals surface area contributed by atoms with E-state index in [1.54, 1.807) is 0 Å². The highest BCUT2D eigenvalue weighted by atomic mass is 16.7. The van der Waals surface area contributed by atoms with E-state index in [1.165, 1.54) is 0 Å². The molecule has 32 heavy (non-hydrogen) atoms. The van der Waals surface area contributed by atoms with Crippen molar-refractivity contribution in [2.75, 3.05) is 13.2 Å². The van der Waals surface area contributed by atoms with Crippen LogP contribution in [0.15, 0.2) is 48.5 Å². The van der Waals surface area contributed by atoms with Gasteiger partial charge in [0.25, 0.3) is 5.79 Å². The van der Waals surface area contributed by atoms with Crippen LogP contribution >= 0.6 is 0 Å². The van der Waals surface area contributed by atoms with E-state index < -0.39 is 5.79 Å². The van der Waals surface area contributed by atoms with Crippen LogP contribution in [0.2, 0.25) is 0 Å². The Balaban J connectivity index is 1.28. The molecule has 2 fully saturated rings. The summed E-state index contributed by atoms with van der Waals surface area (Å²) in [7, 11) is 0. The maximum atomic E-state index is 6.60. The third kappa shape index (κ3) is 4.19. The summed E-state index contributed by atoms with van der Waals surface area (Å²) in [6.45, 7) is 12.3. The van der Waals surface area contributed by atoms with E-state index in [4.69, 9.17) is 23.8 Å². The van der Waals surface area contributed by atoms with Crippen molar-refractivity contribution >= 4 is 0 Å². The molecule has 2 atom stereocenters. The number of piperidine rings is 1. The molecular weight excluding hydrogens is 406 g/mol. The van der Waals surface area contributed by atoms with Crippen molar-refractivity contribution in [3.8, 4) is 17.2 Å². The molecule has 1 spiro atoms. The van der Waals surface area contributed by atoms with E-state index in [0.717, 1.165) is 29.4 Å². The van der Waals surface area contributed by atoms with Crippen molar-refractivity contribution in [3.05, 3.63) is 54.1 Å². The second-order valence-electron chi connectivity index (χ2n) is 10.4. The average Bonchev–Trinajstić information content (AvgIpc) is 3.49. The van der Waals surface area contributed by atoms with Crippen LogP contribution in [0.25, 0.3) is 0 Å². The van der Waals surface area contributed by atoms with Crippen molar-refractivity contribution < 1.29 is 23.8 Å². The predicted octanol–water partition coefficient (Wildman–Crippen LogP) is 5.28. The zero-order chi connectivity index (χ0) is 22.6. The Bertz CT molecular complexity index is 921. The molecule has 0 radical (unpaired) electrons. The first-order valence-corrected chi connectivity index (χ1v) is 11.4. The summed E-state index contributed by atoms with van der Waals surface area (Å²) in [5, 5.41) is 2.14. The Morgan fingerprint density at radius 1 is 0.938 bits per heavy atom. The summed E-state index contributed by atoms with van der Waals surface area (Å²) in [5.41, 5.74) is 0.504. The van der Waals surface area contributed by atoms with Crippen molar-refractivity contribution in [1.82, 2.24) is 5.06 Å². The monoisotopic (exact) mass is 439 g/mol. The van der Waals surface area contributed by atoms with Gasteiger partial charge in [0.15, 0.2) is 11.5 Å². The van der Waals surface area contributed by atoms with Crippen molar-refractivity contribution in [1.29, 1.82) is 0 Å². The van der Waals surface area contributed by atoms with E-state index in [-0.39, 0.29) is 23.3 Å². The fraction of sp³-hybridized carbons (Fsp3) is 0.538. The molecule has 2 aromatic rings. The van der Waals surface area contributed by atoms with E-state index in [2.05, 4.69) is 51.8 Å². The molecule has 3 aliphatic rings. The molecule has 2 aromatic carbocycles. The van der Waals surface area contributed by atoms with Crippen LogP contribution in [-0.2, 0) is 9.57 Å². The lowest BCUT2D eigenvalue weighted by atomic mass is 9.78. The normalized spacial score (nSPS) is 25.5. The van der Waals surface area contributed by atoms with Gasteiger partial charge in [-0.2, -0.15) is 5.06 Å². The molecule has 2 saturated heterocycles. The number of epoxide rings is 1. The first-order chi connectivity index (χ1) is 15.2. The summed E-state index contributed by atoms with van der Waals surface area (Å²) < 4.78 is 23.7. The Labute approximate surface area is 190 Å². The number of nitrogens with zero attached hydrogens (tertiary/aromatic N) is 1. The van der Waals surface area contributed by atoms with Crippen molar-refractivity contribution in [2.45, 2.75) is 76.5 Å². The van der Waals surface area contributed by atoms with Gasteiger partial charge >= 0.3 is 0 Å². The molecule has 6 heteroatoms. The molecule has 172 valence electrons. The Hall–Kier alpha value is -2.28. The van der Waals surface area contributed by atoms with Gasteiger partial charge in [-0.25, -0.2) is 0 Å². The van der Waals surface area contributed by atoms with Crippen LogP contribution in [0.1, 0.15) is 59.1 Å². The minimum Gasteiger partial charge on any atom is -0.491 e. The van der Waals surface area contributed by atoms with Gasteiger partial charge in [-0.05, 0) is 64.4 Å². The van der Waals surface area contributed by atoms with E-state index >= 15 is 0 Å². The lowest BCUT2D eigenvalue weighted by Gasteiger charge is -2.56. The Morgan fingerprint density at radius 3 is 2.03 bits per heavy atom. The van der Waals surface area contributed by atoms with Gasteiger partial charge in [0.05, 0.1) is 6.61 Å². The molecule has 3 aliphatic heterocycles. The van der Waals surface area contributed by atoms with Gasteiger partial charge in [-0.1, -0.05) is 24.3 Å². The molecule has 0 N–H and O–H groups in total. The van der Waals surface area contributed by atoms with Gasteiger partial charge in [-0.3, -0.25) is 4.84 Å². The lowest BCUT2D eigenvalue weighted by Crippen LogP contribution is -2.67. The second-order valence-corrected chi connectivity index (χ2v) is 10.4. The highest BCUT2D eigenvalue weighted by molar-refractivity contribution is 5.43. The molecule has 0 aliphatic carbocycles. The summed E-state index contributed by atoms with van der Waals surface area (Å²) in [4.78, 5) is 6.60. The number of rotatable bonds is 6. The standard InChI is InChI=1S/C26H33NO5/c1-18(19-10-12-20(13-11-19)28-14-21-15-29-21)32-27-24(2,3)16-26(17-25(27,4)5)30-22-8-6-7-9-23(22)31-26/h6-13,18,21H,14-17H2,1-5H3. The summed E-state index contributed by atoms with van der Waals surface area (Å²) in [6, 6.07) is 16.0. The summed E-state index contributed by atoms with van der Waals surface area (Å²) in [5.74, 6) is 1.81. The molecule has 2 unspecified atom stereocenters. The topological polar surface area (TPSA) is 52.7 Å². The summed E-state index contributed by atoms with van der Waals surface area (Å²) >= 11 is 0. The number of benzene rings is 2. The molecule has 0 bridgehead atoms. The van der Waals surface area contributed by atoms with Crippen LogP contribution < -0.4 is 14.2 Å². The molecule has 0 amide bonds. The van der Waals surface area contributed by atoms with Gasteiger partial charge in [0.1, 0.15) is 24.6 Å². The molecule has 6 nitrogen and oxygen atoms in total. The molecule has 5 rings (SSSR count). The minimum absolute atomic E-state index is 0.106. The van der Waals surface area contributed by atoms with Crippen LogP contribution in [0, 0.1) is 0 Å². The van der Waals surface area contributed by atoms with Crippen LogP contribution in [0.4, 0.5) is 0 Å². The zero-order valence-electron chi connectivity index (χ0n) is 19.6. The predicted molar refractivity (Wildman–Crippen MR) is 121 cm³/mol. The first kappa shape index (κ1) is 21.6. The lowest BCUT2D eigenvalue weighted by molar-refractivity contribution is -0.337. The third-order valence-electron chi connectivity index (χ3n) is 6.40. The van der Waals surface area contributed by atoms with Crippen LogP contribution in [-0.4, -0.2) is 41.2 Å². The average molecular weight is 440 g/mol. The van der Waals surface area contributed by atoms with E-state index in [1.807, 2.05) is 36.4 Å². The van der Waals surface area contributed by atoms with Crippen molar-refractivity contribution in [3.63, 3.8) is 0 Å². The highest BCUT2D eigenvalue weighted by Gasteiger charge is 2.58. The fourth-order valence-corrected chi connectivity index (χ4v) is 5.22. The van der Waals surface area contributed by atoms with Crippen LogP contribution in [0.5, 0.6) is 17.2 Å². The summed E-state index contributed by atoms with van der Waals surface area (Å²) in [6.07, 6.45) is 1.54. The van der Waals surface area contributed by atoms with Gasteiger partial charge in [-0.15, -0.1) is 0 Å². The van der Waals surface area contributed by atoms with Crippen LogP contribution in [0.3, 0.4) is 0 Å². The van der Waals surface area contributed by atoms with Gasteiger partial charge < -0.3 is 18.9 Å². The Morgan fingerprint density at radius 2 is 1.50 bits per heavy atom. The molecule has 0 aromatic heterocycles. The molecule has 0 saturated carbocycles. The quantitative estimate of drug-likeness (QED) is 0.571. The van der Waals surface area contributed by atoms with Crippen molar-refractivity contribution in [2.24, 2.45) is 0 Å². The smallest absolute Gasteiger partial charge is 0.255 e. The SMILES string of the molecule is CC(ON1C(C)(C)CC2(CC1(C)C)Oc1ccccc1O2)c1ccc(OCC2CO2)cc1. The number of para-hydroxylation sites is 2. The van der Waals surface area contributed by atoms with E-state index in [9.17, 15) is 0 Å². The zero-order valence-corrected chi connectivity index (χ0v) is 19.6. The second kappa shape index (κ2) is 7.65. The number of ether oxygens (including phenoxy) is 4. The first-order valence-electron chi connectivity index (χ1n) is 11.4. The van der Waals surface area contributed by atoms with Gasteiger partial charge in [0, 0.05) is 23.9 Å². The number of hydrogen-bond acceptors (Lipinski definition) is 6. The molecular formula is C26H33NO5. The fourth-order valence-electron chi connectivity index (χ4n) is 5.22. The van der Waals surface area contributed by atoms with Gasteiger partial charge in [0.2, 0.25) is 0 Å². The largest absolute Gasteiger partial charge is 0.491 e. The maximum absolute atomic E-state index is 6.60. The maximum Gasteiger partial charge on any atom is 0.255 e. The number of fused-ring (bicyclic) bond motifs is 1. The minimum atomic E-state index is -0.677. The Kier molecular flexibility index (Phi) is 5.15. The number of hydrogen-bond donors (Lipinski definition) is 0. The van der Waals surface area contributed by atoms with E-state index in [0.29, 0.717) is 19.4 Å².